The number of aliphatic hydroxyl groups is 1. The summed E-state index contributed by atoms with van der Waals surface area (Å²) in [6.07, 6.45) is 19.0. The minimum absolute atomic E-state index is 0.152. The first-order valence-electron chi connectivity index (χ1n) is 8.36. The lowest BCUT2D eigenvalue weighted by Gasteiger charge is -2.03. The molecule has 0 aliphatic rings. The minimum atomic E-state index is -0.685. The van der Waals surface area contributed by atoms with Gasteiger partial charge in [-0.2, -0.15) is 0 Å². The number of aliphatic carboxylic acids is 1. The minimum Gasteiger partial charge on any atom is -0.481 e. The summed E-state index contributed by atoms with van der Waals surface area (Å²) in [6, 6.07) is 0. The van der Waals surface area contributed by atoms with Crippen molar-refractivity contribution < 1.29 is 15.0 Å². The third-order valence-electron chi connectivity index (χ3n) is 3.50. The molecule has 0 amide bonds. The number of carboxylic acids is 1. The molecule has 3 nitrogen and oxygen atoms in total. The number of carbonyl (C=O) groups is 1. The standard InChI is InChI=1S/C18H32O3/c1-2-17(19)15-13-11-9-7-5-3-4-6-8-10-12-14-16-18(20)21/h3,5,9,11,17,19H,2,4,6-8,10,12-16H2,1H3,(H,20,21). The Kier molecular flexibility index (Phi) is 14.5. The predicted molar refractivity (Wildman–Crippen MR) is 88.4 cm³/mol. The summed E-state index contributed by atoms with van der Waals surface area (Å²) >= 11 is 0. The van der Waals surface area contributed by atoms with E-state index in [-0.39, 0.29) is 6.10 Å². The number of carboxylic acid groups (broad SMARTS) is 1. The van der Waals surface area contributed by atoms with E-state index in [0.717, 1.165) is 51.4 Å². The fourth-order valence-corrected chi connectivity index (χ4v) is 2.07. The Morgan fingerprint density at radius 2 is 1.57 bits per heavy atom. The average Bonchev–Trinajstić information content (AvgIpc) is 2.46. The number of hydrogen-bond acceptors (Lipinski definition) is 2. The van der Waals surface area contributed by atoms with Crippen molar-refractivity contribution >= 4 is 5.97 Å². The highest BCUT2D eigenvalue weighted by molar-refractivity contribution is 5.66. The summed E-state index contributed by atoms with van der Waals surface area (Å²) in [5.74, 6) is -0.685. The highest BCUT2D eigenvalue weighted by Gasteiger charge is 1.96. The molecule has 0 heterocycles. The van der Waals surface area contributed by atoms with Crippen LogP contribution < -0.4 is 0 Å². The number of aliphatic hydroxyl groups excluding tert-OH is 1. The van der Waals surface area contributed by atoms with Gasteiger partial charge in [0.1, 0.15) is 0 Å². The van der Waals surface area contributed by atoms with E-state index in [4.69, 9.17) is 5.11 Å². The van der Waals surface area contributed by atoms with Crippen LogP contribution in [0.4, 0.5) is 0 Å². The van der Waals surface area contributed by atoms with E-state index in [0.29, 0.717) is 6.42 Å². The Bertz CT molecular complexity index is 295. The normalized spacial score (nSPS) is 13.2. The summed E-state index contributed by atoms with van der Waals surface area (Å²) in [5.41, 5.74) is 0. The highest BCUT2D eigenvalue weighted by atomic mass is 16.4. The third kappa shape index (κ3) is 16.9. The van der Waals surface area contributed by atoms with Crippen LogP contribution in [0.15, 0.2) is 24.3 Å². The van der Waals surface area contributed by atoms with Crippen molar-refractivity contribution in [2.75, 3.05) is 0 Å². The monoisotopic (exact) mass is 296 g/mol. The van der Waals surface area contributed by atoms with E-state index in [1.54, 1.807) is 0 Å². The van der Waals surface area contributed by atoms with Gasteiger partial charge in [-0.25, -0.2) is 0 Å². The van der Waals surface area contributed by atoms with E-state index in [1.807, 2.05) is 6.92 Å². The third-order valence-corrected chi connectivity index (χ3v) is 3.50. The van der Waals surface area contributed by atoms with Crippen LogP contribution in [0.3, 0.4) is 0 Å². The molecule has 0 aromatic rings. The van der Waals surface area contributed by atoms with E-state index >= 15 is 0 Å². The second kappa shape index (κ2) is 15.3. The molecular weight excluding hydrogens is 264 g/mol. The Hall–Kier alpha value is -1.09. The lowest BCUT2D eigenvalue weighted by atomic mass is 10.1. The molecule has 0 aromatic carbocycles. The highest BCUT2D eigenvalue weighted by Crippen LogP contribution is 2.08. The van der Waals surface area contributed by atoms with Crippen LogP contribution in [0, 0.1) is 0 Å². The van der Waals surface area contributed by atoms with Crippen molar-refractivity contribution in [1.29, 1.82) is 0 Å². The zero-order valence-electron chi connectivity index (χ0n) is 13.5. The van der Waals surface area contributed by atoms with Gasteiger partial charge in [-0.1, -0.05) is 50.5 Å². The Labute approximate surface area is 129 Å². The first kappa shape index (κ1) is 19.9. The van der Waals surface area contributed by atoms with Crippen LogP contribution >= 0.6 is 0 Å². The molecule has 0 spiro atoms. The molecule has 0 rings (SSSR count). The fourth-order valence-electron chi connectivity index (χ4n) is 2.07. The van der Waals surface area contributed by atoms with E-state index in [9.17, 15) is 9.90 Å². The summed E-state index contributed by atoms with van der Waals surface area (Å²) in [6.45, 7) is 2.00. The molecule has 2 N–H and O–H groups in total. The molecule has 0 fully saturated rings. The Balaban J connectivity index is 3.25. The maximum Gasteiger partial charge on any atom is 0.303 e. The van der Waals surface area contributed by atoms with Crippen LogP contribution in [-0.4, -0.2) is 22.3 Å². The van der Waals surface area contributed by atoms with Gasteiger partial charge in [-0.3, -0.25) is 4.79 Å². The molecule has 0 saturated heterocycles. The van der Waals surface area contributed by atoms with Crippen molar-refractivity contribution in [2.24, 2.45) is 0 Å². The molecule has 1 unspecified atom stereocenters. The van der Waals surface area contributed by atoms with Gasteiger partial charge >= 0.3 is 5.97 Å². The van der Waals surface area contributed by atoms with Crippen molar-refractivity contribution in [3.63, 3.8) is 0 Å². The van der Waals surface area contributed by atoms with Crippen LogP contribution in [-0.2, 0) is 4.79 Å². The molecule has 1 atom stereocenters. The number of rotatable bonds is 14. The van der Waals surface area contributed by atoms with Crippen LogP contribution in [0.1, 0.15) is 77.6 Å². The molecule has 0 radical (unpaired) electrons. The molecule has 3 heteroatoms. The van der Waals surface area contributed by atoms with E-state index < -0.39 is 5.97 Å². The van der Waals surface area contributed by atoms with Gasteiger partial charge in [0.2, 0.25) is 0 Å². The molecule has 0 aliphatic heterocycles. The van der Waals surface area contributed by atoms with Crippen molar-refractivity contribution in [3.8, 4) is 0 Å². The summed E-state index contributed by atoms with van der Waals surface area (Å²) in [4.78, 5) is 10.3. The molecule has 0 aromatic heterocycles. The van der Waals surface area contributed by atoms with Crippen LogP contribution in [0.25, 0.3) is 0 Å². The Morgan fingerprint density at radius 1 is 0.952 bits per heavy atom. The van der Waals surface area contributed by atoms with Crippen LogP contribution in [0.2, 0.25) is 0 Å². The van der Waals surface area contributed by atoms with Crippen LogP contribution in [0.5, 0.6) is 0 Å². The number of hydrogen-bond donors (Lipinski definition) is 2. The molecule has 0 bridgehead atoms. The van der Waals surface area contributed by atoms with Crippen molar-refractivity contribution in [1.82, 2.24) is 0 Å². The molecule has 122 valence electrons. The van der Waals surface area contributed by atoms with Gasteiger partial charge in [-0.05, 0) is 44.9 Å². The van der Waals surface area contributed by atoms with Gasteiger partial charge in [0.15, 0.2) is 0 Å². The summed E-state index contributed by atoms with van der Waals surface area (Å²) in [5, 5.41) is 17.9. The summed E-state index contributed by atoms with van der Waals surface area (Å²) in [7, 11) is 0. The molecule has 21 heavy (non-hydrogen) atoms. The second-order valence-corrected chi connectivity index (χ2v) is 5.52. The smallest absolute Gasteiger partial charge is 0.303 e. The maximum atomic E-state index is 10.3. The zero-order valence-corrected chi connectivity index (χ0v) is 13.5. The largest absolute Gasteiger partial charge is 0.481 e. The van der Waals surface area contributed by atoms with Gasteiger partial charge in [-0.15, -0.1) is 0 Å². The van der Waals surface area contributed by atoms with Gasteiger partial charge in [0.05, 0.1) is 6.10 Å². The fraction of sp³-hybridized carbons (Fsp3) is 0.722. The lowest BCUT2D eigenvalue weighted by Crippen LogP contribution is -2.02. The summed E-state index contributed by atoms with van der Waals surface area (Å²) < 4.78 is 0. The average molecular weight is 296 g/mol. The first-order valence-corrected chi connectivity index (χ1v) is 8.36. The molecule has 0 saturated carbocycles. The van der Waals surface area contributed by atoms with E-state index in [1.165, 1.54) is 12.8 Å². The van der Waals surface area contributed by atoms with Gasteiger partial charge in [0, 0.05) is 6.42 Å². The van der Waals surface area contributed by atoms with Crippen molar-refractivity contribution in [3.05, 3.63) is 24.3 Å². The number of unbranched alkanes of at least 4 members (excludes halogenated alkanes) is 5. The van der Waals surface area contributed by atoms with Gasteiger partial charge < -0.3 is 10.2 Å². The van der Waals surface area contributed by atoms with Gasteiger partial charge in [0.25, 0.3) is 0 Å². The van der Waals surface area contributed by atoms with E-state index in [2.05, 4.69) is 24.3 Å². The predicted octanol–water partition coefficient (Wildman–Crippen LogP) is 4.86. The second-order valence-electron chi connectivity index (χ2n) is 5.52. The van der Waals surface area contributed by atoms with Crippen molar-refractivity contribution in [2.45, 2.75) is 83.7 Å². The maximum absolute atomic E-state index is 10.3. The topological polar surface area (TPSA) is 57.5 Å². The first-order chi connectivity index (χ1) is 10.2. The number of allylic oxidation sites excluding steroid dienone is 4. The lowest BCUT2D eigenvalue weighted by molar-refractivity contribution is -0.137. The molecule has 0 aliphatic carbocycles. The molecular formula is C18H32O3. The quantitative estimate of drug-likeness (QED) is 0.355. The SMILES string of the molecule is CCC(O)CCC=CCC=CCCCCCCCC(=O)O. The Morgan fingerprint density at radius 3 is 2.24 bits per heavy atom. The zero-order chi connectivity index (χ0) is 15.8.